The van der Waals surface area contributed by atoms with Gasteiger partial charge in [0, 0.05) is 6.42 Å². The van der Waals surface area contributed by atoms with E-state index in [4.69, 9.17) is 4.42 Å². The van der Waals surface area contributed by atoms with Crippen molar-refractivity contribution in [3.63, 3.8) is 0 Å². The SMILES string of the molecule is CCC(=O)C(C)Sc1nc(C)co1. The maximum Gasteiger partial charge on any atom is 0.256 e. The molecular formula is C9H13NO2S. The lowest BCUT2D eigenvalue weighted by Crippen LogP contribution is -2.11. The Hall–Kier alpha value is -0.770. The molecule has 0 aliphatic rings. The van der Waals surface area contributed by atoms with E-state index in [1.54, 1.807) is 6.26 Å². The third kappa shape index (κ3) is 2.88. The Morgan fingerprint density at radius 3 is 2.92 bits per heavy atom. The molecule has 0 fully saturated rings. The minimum Gasteiger partial charge on any atom is -0.440 e. The highest BCUT2D eigenvalue weighted by atomic mass is 32.2. The highest BCUT2D eigenvalue weighted by molar-refractivity contribution is 8.00. The summed E-state index contributed by atoms with van der Waals surface area (Å²) in [5.41, 5.74) is 0.846. The second kappa shape index (κ2) is 4.46. The van der Waals surface area contributed by atoms with E-state index in [1.165, 1.54) is 11.8 Å². The van der Waals surface area contributed by atoms with Crippen LogP contribution in [0.2, 0.25) is 0 Å². The maximum absolute atomic E-state index is 11.2. The predicted octanol–water partition coefficient (Wildman–Crippen LogP) is 2.44. The first-order valence-corrected chi connectivity index (χ1v) is 5.13. The highest BCUT2D eigenvalue weighted by Crippen LogP contribution is 2.23. The number of carbonyl (C=O) groups excluding carboxylic acids is 1. The van der Waals surface area contributed by atoms with Crippen molar-refractivity contribution in [3.8, 4) is 0 Å². The Morgan fingerprint density at radius 1 is 1.77 bits per heavy atom. The van der Waals surface area contributed by atoms with E-state index in [9.17, 15) is 4.79 Å². The monoisotopic (exact) mass is 199 g/mol. The minimum atomic E-state index is -0.0666. The Kier molecular flexibility index (Phi) is 3.54. The van der Waals surface area contributed by atoms with Crippen molar-refractivity contribution < 1.29 is 9.21 Å². The van der Waals surface area contributed by atoms with Crippen molar-refractivity contribution in [2.45, 2.75) is 37.7 Å². The topological polar surface area (TPSA) is 43.1 Å². The summed E-state index contributed by atoms with van der Waals surface area (Å²) >= 11 is 1.37. The molecule has 0 amide bonds. The van der Waals surface area contributed by atoms with Crippen LogP contribution in [0, 0.1) is 6.92 Å². The van der Waals surface area contributed by atoms with E-state index in [-0.39, 0.29) is 11.0 Å². The second-order valence-electron chi connectivity index (χ2n) is 2.83. The molecule has 3 nitrogen and oxygen atoms in total. The number of Topliss-reactive ketones (excluding diaryl/α,β-unsaturated/α-hetero) is 1. The van der Waals surface area contributed by atoms with Crippen LogP contribution in [-0.2, 0) is 4.79 Å². The zero-order chi connectivity index (χ0) is 9.84. The van der Waals surface area contributed by atoms with Crippen LogP contribution in [0.5, 0.6) is 0 Å². The minimum absolute atomic E-state index is 0.0666. The summed E-state index contributed by atoms with van der Waals surface area (Å²) in [5.74, 6) is 0.223. The molecule has 0 N–H and O–H groups in total. The number of hydrogen-bond acceptors (Lipinski definition) is 4. The van der Waals surface area contributed by atoms with Gasteiger partial charge in [0.2, 0.25) is 0 Å². The molecule has 1 rings (SSSR count). The fourth-order valence-electron chi connectivity index (χ4n) is 0.891. The van der Waals surface area contributed by atoms with Crippen LogP contribution in [0.4, 0.5) is 0 Å². The number of aryl methyl sites for hydroxylation is 1. The van der Waals surface area contributed by atoms with Crippen LogP contribution in [0.3, 0.4) is 0 Å². The summed E-state index contributed by atoms with van der Waals surface area (Å²) < 4.78 is 5.13. The van der Waals surface area contributed by atoms with Crippen molar-refractivity contribution in [1.82, 2.24) is 4.98 Å². The van der Waals surface area contributed by atoms with Crippen LogP contribution in [0.1, 0.15) is 26.0 Å². The number of ketones is 1. The molecule has 0 saturated carbocycles. The molecule has 1 unspecified atom stereocenters. The van der Waals surface area contributed by atoms with Crippen LogP contribution in [-0.4, -0.2) is 16.0 Å². The number of carbonyl (C=O) groups is 1. The van der Waals surface area contributed by atoms with Gasteiger partial charge < -0.3 is 4.42 Å². The fraction of sp³-hybridized carbons (Fsp3) is 0.556. The van der Waals surface area contributed by atoms with Crippen molar-refractivity contribution in [1.29, 1.82) is 0 Å². The Morgan fingerprint density at radius 2 is 2.46 bits per heavy atom. The van der Waals surface area contributed by atoms with Gasteiger partial charge in [0.1, 0.15) is 12.0 Å². The lowest BCUT2D eigenvalue weighted by molar-refractivity contribution is -0.118. The number of rotatable bonds is 4. The Bertz CT molecular complexity index is 296. The predicted molar refractivity (Wildman–Crippen MR) is 51.9 cm³/mol. The van der Waals surface area contributed by atoms with Crippen molar-refractivity contribution in [2.24, 2.45) is 0 Å². The first kappa shape index (κ1) is 10.3. The Labute approximate surface area is 81.9 Å². The van der Waals surface area contributed by atoms with Gasteiger partial charge in [-0.15, -0.1) is 0 Å². The lowest BCUT2D eigenvalue weighted by atomic mass is 10.2. The van der Waals surface area contributed by atoms with Crippen LogP contribution in [0.25, 0.3) is 0 Å². The normalized spacial score (nSPS) is 12.8. The molecule has 1 aromatic rings. The first-order valence-electron chi connectivity index (χ1n) is 4.25. The number of nitrogens with zero attached hydrogens (tertiary/aromatic N) is 1. The molecule has 0 saturated heterocycles. The van der Waals surface area contributed by atoms with E-state index in [1.807, 2.05) is 20.8 Å². The molecule has 1 aromatic heterocycles. The van der Waals surface area contributed by atoms with Gasteiger partial charge in [-0.25, -0.2) is 4.98 Å². The van der Waals surface area contributed by atoms with Crippen molar-refractivity contribution in [2.75, 3.05) is 0 Å². The molecule has 0 aromatic carbocycles. The summed E-state index contributed by atoms with van der Waals surface area (Å²) in [6.07, 6.45) is 2.15. The van der Waals surface area contributed by atoms with E-state index < -0.39 is 0 Å². The number of thioether (sulfide) groups is 1. The average molecular weight is 199 g/mol. The molecule has 0 spiro atoms. The number of hydrogen-bond donors (Lipinski definition) is 0. The summed E-state index contributed by atoms with van der Waals surface area (Å²) in [7, 11) is 0. The van der Waals surface area contributed by atoms with Gasteiger partial charge in [0.25, 0.3) is 5.22 Å². The quantitative estimate of drug-likeness (QED) is 0.698. The van der Waals surface area contributed by atoms with Crippen molar-refractivity contribution in [3.05, 3.63) is 12.0 Å². The van der Waals surface area contributed by atoms with Crippen LogP contribution < -0.4 is 0 Å². The van der Waals surface area contributed by atoms with Gasteiger partial charge in [-0.1, -0.05) is 18.7 Å². The smallest absolute Gasteiger partial charge is 0.256 e. The van der Waals surface area contributed by atoms with Gasteiger partial charge in [0.15, 0.2) is 0 Å². The van der Waals surface area contributed by atoms with E-state index >= 15 is 0 Å². The fourth-order valence-corrected chi connectivity index (χ4v) is 1.79. The lowest BCUT2D eigenvalue weighted by Gasteiger charge is -2.03. The van der Waals surface area contributed by atoms with E-state index in [2.05, 4.69) is 4.98 Å². The van der Waals surface area contributed by atoms with Gasteiger partial charge in [-0.3, -0.25) is 4.79 Å². The second-order valence-corrected chi connectivity index (χ2v) is 4.13. The summed E-state index contributed by atoms with van der Waals surface area (Å²) in [4.78, 5) is 15.3. The van der Waals surface area contributed by atoms with Crippen LogP contribution in [0.15, 0.2) is 15.9 Å². The average Bonchev–Trinajstić information content (AvgIpc) is 2.49. The molecule has 13 heavy (non-hydrogen) atoms. The summed E-state index contributed by atoms with van der Waals surface area (Å²) in [6, 6.07) is 0. The molecule has 0 radical (unpaired) electrons. The largest absolute Gasteiger partial charge is 0.440 e. The van der Waals surface area contributed by atoms with Crippen molar-refractivity contribution >= 4 is 17.5 Å². The maximum atomic E-state index is 11.2. The van der Waals surface area contributed by atoms with Gasteiger partial charge in [0.05, 0.1) is 10.9 Å². The Balaban J connectivity index is 2.54. The third-order valence-corrected chi connectivity index (χ3v) is 2.68. The van der Waals surface area contributed by atoms with Gasteiger partial charge in [-0.2, -0.15) is 0 Å². The molecule has 0 aliphatic carbocycles. The third-order valence-electron chi connectivity index (χ3n) is 1.68. The van der Waals surface area contributed by atoms with Gasteiger partial charge in [-0.05, 0) is 13.8 Å². The molecule has 0 aliphatic heterocycles. The molecule has 72 valence electrons. The highest BCUT2D eigenvalue weighted by Gasteiger charge is 2.14. The zero-order valence-electron chi connectivity index (χ0n) is 8.03. The summed E-state index contributed by atoms with van der Waals surface area (Å²) in [5, 5.41) is 0.509. The standard InChI is InChI=1S/C9H13NO2S/c1-4-8(11)7(3)13-9-10-6(2)5-12-9/h5,7H,4H2,1-3H3. The number of aromatic nitrogens is 1. The first-order chi connectivity index (χ1) is 6.13. The molecule has 4 heteroatoms. The van der Waals surface area contributed by atoms with Crippen LogP contribution >= 0.6 is 11.8 Å². The molecule has 0 bridgehead atoms. The molecular weight excluding hydrogens is 186 g/mol. The molecule has 1 atom stereocenters. The molecule has 1 heterocycles. The van der Waals surface area contributed by atoms with E-state index in [0.717, 1.165) is 5.69 Å². The summed E-state index contributed by atoms with van der Waals surface area (Å²) in [6.45, 7) is 5.59. The number of oxazole rings is 1. The van der Waals surface area contributed by atoms with E-state index in [0.29, 0.717) is 11.6 Å². The van der Waals surface area contributed by atoms with Gasteiger partial charge >= 0.3 is 0 Å². The zero-order valence-corrected chi connectivity index (χ0v) is 8.85.